The van der Waals surface area contributed by atoms with Crippen molar-refractivity contribution < 1.29 is 23.1 Å². The number of amides is 2. The number of fused-ring (bicyclic) bond motifs is 8. The second-order valence-electron chi connectivity index (χ2n) is 10.1. The van der Waals surface area contributed by atoms with Crippen LogP contribution >= 0.6 is 0 Å². The first-order chi connectivity index (χ1) is 19.2. The van der Waals surface area contributed by atoms with Crippen LogP contribution in [-0.2, 0) is 11.3 Å². The Morgan fingerprint density at radius 3 is 2.35 bits per heavy atom. The summed E-state index contributed by atoms with van der Waals surface area (Å²) in [5, 5.41) is 2.96. The highest BCUT2D eigenvalue weighted by Gasteiger charge is 2.51. The van der Waals surface area contributed by atoms with E-state index in [0.29, 0.717) is 16.9 Å². The number of ether oxygens (including phenoxy) is 1. The van der Waals surface area contributed by atoms with Crippen LogP contribution in [0.3, 0.4) is 0 Å². The molecule has 1 aromatic heterocycles. The Morgan fingerprint density at radius 2 is 1.65 bits per heavy atom. The Kier molecular flexibility index (Phi) is 6.02. The fourth-order valence-corrected chi connectivity index (χ4v) is 5.98. The average molecular weight is 541 g/mol. The third kappa shape index (κ3) is 3.97. The Hall–Kier alpha value is -4.79. The van der Waals surface area contributed by atoms with Crippen LogP contribution in [0.1, 0.15) is 61.5 Å². The number of carbonyl (C=O) groups excluding carboxylic acids is 2. The number of hydrogen-bond donors (Lipinski definition) is 2. The van der Waals surface area contributed by atoms with Crippen LogP contribution in [0.15, 0.2) is 60.7 Å². The van der Waals surface area contributed by atoms with E-state index < -0.39 is 29.8 Å². The van der Waals surface area contributed by atoms with Crippen molar-refractivity contribution in [1.29, 1.82) is 0 Å². The minimum Gasteiger partial charge on any atom is -0.453 e. The van der Waals surface area contributed by atoms with Crippen molar-refractivity contribution in [1.82, 2.24) is 15.2 Å². The molecule has 0 aliphatic carbocycles. The van der Waals surface area contributed by atoms with Crippen molar-refractivity contribution in [3.63, 3.8) is 0 Å². The van der Waals surface area contributed by atoms with E-state index >= 15 is 0 Å². The monoisotopic (exact) mass is 540 g/mol. The van der Waals surface area contributed by atoms with Gasteiger partial charge in [0.2, 0.25) is 0 Å². The van der Waals surface area contributed by atoms with Gasteiger partial charge in [-0.3, -0.25) is 9.69 Å². The zero-order valence-corrected chi connectivity index (χ0v) is 22.1. The van der Waals surface area contributed by atoms with Gasteiger partial charge in [0.1, 0.15) is 17.5 Å². The molecule has 2 aliphatic rings. The number of aryl methyl sites for hydroxylation is 2. The van der Waals surface area contributed by atoms with E-state index in [-0.39, 0.29) is 18.0 Å². The largest absolute Gasteiger partial charge is 0.453 e. The summed E-state index contributed by atoms with van der Waals surface area (Å²) in [5.74, 6) is -1.17. The lowest BCUT2D eigenvalue weighted by Gasteiger charge is -2.21. The molecule has 0 spiro atoms. The zero-order valence-electron chi connectivity index (χ0n) is 22.1. The van der Waals surface area contributed by atoms with Crippen LogP contribution in [0.25, 0.3) is 11.1 Å². The van der Waals surface area contributed by atoms with Gasteiger partial charge in [0.25, 0.3) is 5.91 Å². The SMILES string of the molecule is COC(=O)N1C2c3ccc(C(=O)NCc4c(C)cc(N)nc4C)cc3C1c1cc(-c3ccc(F)cc3F)ccc12. The number of nitrogens with zero attached hydrogens (tertiary/aromatic N) is 2. The first-order valence-corrected chi connectivity index (χ1v) is 12.8. The molecule has 6 rings (SSSR count). The number of hydrogen-bond acceptors (Lipinski definition) is 5. The molecule has 4 aromatic rings. The van der Waals surface area contributed by atoms with Crippen LogP contribution in [0.4, 0.5) is 19.4 Å². The molecule has 3 aromatic carbocycles. The Bertz CT molecular complexity index is 1700. The van der Waals surface area contributed by atoms with Gasteiger partial charge in [0.15, 0.2) is 0 Å². The van der Waals surface area contributed by atoms with Crippen molar-refractivity contribution in [3.8, 4) is 11.1 Å². The quantitative estimate of drug-likeness (QED) is 0.345. The first-order valence-electron chi connectivity index (χ1n) is 12.8. The molecule has 202 valence electrons. The van der Waals surface area contributed by atoms with Crippen molar-refractivity contribution in [2.75, 3.05) is 12.8 Å². The third-order valence-electron chi connectivity index (χ3n) is 7.80. The molecule has 3 heterocycles. The number of aromatic nitrogens is 1. The molecule has 2 aliphatic heterocycles. The van der Waals surface area contributed by atoms with Gasteiger partial charge in [-0.15, -0.1) is 0 Å². The van der Waals surface area contributed by atoms with Gasteiger partial charge in [-0.25, -0.2) is 18.6 Å². The van der Waals surface area contributed by atoms with E-state index in [2.05, 4.69) is 10.3 Å². The maximum absolute atomic E-state index is 14.6. The molecule has 0 saturated carbocycles. The molecule has 3 N–H and O–H groups in total. The summed E-state index contributed by atoms with van der Waals surface area (Å²) in [4.78, 5) is 32.1. The van der Waals surface area contributed by atoms with Crippen molar-refractivity contribution in [2.45, 2.75) is 32.5 Å². The predicted octanol–water partition coefficient (Wildman–Crippen LogP) is 5.73. The van der Waals surface area contributed by atoms with Gasteiger partial charge >= 0.3 is 6.09 Å². The molecular weight excluding hydrogens is 514 g/mol. The van der Waals surface area contributed by atoms with E-state index in [1.54, 1.807) is 29.2 Å². The molecule has 0 radical (unpaired) electrons. The number of nitrogen functional groups attached to an aromatic ring is 1. The number of pyridine rings is 1. The molecule has 2 amide bonds. The summed E-state index contributed by atoms with van der Waals surface area (Å²) >= 11 is 0. The molecule has 0 saturated heterocycles. The standard InChI is InChI=1S/C31H26F2N4O3/c1-15-10-27(34)36-16(2)25(15)14-35-30(38)18-5-8-22-24(12-18)29-23-11-17(20-9-6-19(32)13-26(20)33)4-7-21(23)28(22)37(29)31(39)40-3/h4-13,28-29H,14H2,1-3H3,(H2,34,36)(H,35,38). The lowest BCUT2D eigenvalue weighted by Crippen LogP contribution is -2.28. The molecule has 9 heteroatoms. The molecule has 2 bridgehead atoms. The summed E-state index contributed by atoms with van der Waals surface area (Å²) in [7, 11) is 1.32. The van der Waals surface area contributed by atoms with Crippen LogP contribution in [-0.4, -0.2) is 29.0 Å². The number of methoxy groups -OCH3 is 1. The lowest BCUT2D eigenvalue weighted by molar-refractivity contribution is 0.0950. The number of rotatable bonds is 4. The van der Waals surface area contributed by atoms with Crippen molar-refractivity contribution in [2.24, 2.45) is 0 Å². The number of carbonyl (C=O) groups is 2. The highest BCUT2D eigenvalue weighted by molar-refractivity contribution is 5.95. The smallest absolute Gasteiger partial charge is 0.411 e. The zero-order chi connectivity index (χ0) is 28.3. The van der Waals surface area contributed by atoms with Gasteiger partial charge in [0, 0.05) is 29.4 Å². The van der Waals surface area contributed by atoms with Crippen LogP contribution in [0, 0.1) is 25.5 Å². The van der Waals surface area contributed by atoms with E-state index in [1.807, 2.05) is 32.0 Å². The van der Waals surface area contributed by atoms with Crippen LogP contribution in [0.5, 0.6) is 0 Å². The molecule has 2 atom stereocenters. The Balaban J connectivity index is 1.35. The van der Waals surface area contributed by atoms with Crippen LogP contribution < -0.4 is 11.1 Å². The number of nitrogens with one attached hydrogen (secondary N) is 1. The second kappa shape index (κ2) is 9.44. The number of benzene rings is 3. The van der Waals surface area contributed by atoms with Crippen molar-refractivity contribution in [3.05, 3.63) is 117 Å². The lowest BCUT2D eigenvalue weighted by atomic mass is 9.83. The number of nitrogens with two attached hydrogens (primary N) is 1. The maximum atomic E-state index is 14.6. The molecular formula is C31H26F2N4O3. The Labute approximate surface area is 229 Å². The summed E-state index contributed by atoms with van der Waals surface area (Å²) in [6.45, 7) is 4.06. The van der Waals surface area contributed by atoms with E-state index in [0.717, 1.165) is 45.1 Å². The van der Waals surface area contributed by atoms with Crippen LogP contribution in [0.2, 0.25) is 0 Å². The second-order valence-corrected chi connectivity index (χ2v) is 10.1. The Morgan fingerprint density at radius 1 is 0.950 bits per heavy atom. The molecule has 0 fully saturated rings. The fourth-order valence-electron chi connectivity index (χ4n) is 5.98. The molecule has 7 nitrogen and oxygen atoms in total. The highest BCUT2D eigenvalue weighted by Crippen LogP contribution is 2.57. The van der Waals surface area contributed by atoms with E-state index in [4.69, 9.17) is 10.5 Å². The van der Waals surface area contributed by atoms with Gasteiger partial charge in [0.05, 0.1) is 19.2 Å². The third-order valence-corrected chi connectivity index (χ3v) is 7.80. The van der Waals surface area contributed by atoms with Gasteiger partial charge < -0.3 is 15.8 Å². The number of anilines is 1. The molecule has 40 heavy (non-hydrogen) atoms. The van der Waals surface area contributed by atoms with Gasteiger partial charge in [-0.2, -0.15) is 0 Å². The summed E-state index contributed by atoms with van der Waals surface area (Å²) in [6.07, 6.45) is -0.510. The minimum absolute atomic E-state index is 0.257. The van der Waals surface area contributed by atoms with E-state index in [9.17, 15) is 18.4 Å². The summed E-state index contributed by atoms with van der Waals surface area (Å²) in [5.41, 5.74) is 13.1. The molecule has 2 unspecified atom stereocenters. The van der Waals surface area contributed by atoms with Gasteiger partial charge in [-0.05, 0) is 89.2 Å². The highest BCUT2D eigenvalue weighted by atomic mass is 19.1. The number of halogens is 2. The average Bonchev–Trinajstić information content (AvgIpc) is 3.43. The summed E-state index contributed by atoms with van der Waals surface area (Å²) < 4.78 is 33.2. The fraction of sp³-hybridized carbons (Fsp3) is 0.194. The first kappa shape index (κ1) is 25.5. The maximum Gasteiger partial charge on any atom is 0.411 e. The summed E-state index contributed by atoms with van der Waals surface area (Å²) in [6, 6.07) is 15.1. The van der Waals surface area contributed by atoms with Crippen molar-refractivity contribution >= 4 is 17.8 Å². The minimum atomic E-state index is -0.672. The predicted molar refractivity (Wildman–Crippen MR) is 145 cm³/mol. The van der Waals surface area contributed by atoms with E-state index in [1.165, 1.54) is 19.2 Å². The topological polar surface area (TPSA) is 97.5 Å². The normalized spacial score (nSPS) is 16.5. The van der Waals surface area contributed by atoms with Gasteiger partial charge in [-0.1, -0.05) is 18.2 Å².